The fraction of sp³-hybridized carbons (Fsp3) is 0.476. The van der Waals surface area contributed by atoms with Gasteiger partial charge in [0.25, 0.3) is 5.91 Å². The molecule has 1 aromatic carbocycles. The number of aryl methyl sites for hydroxylation is 1. The number of aromatic nitrogens is 1. The second-order valence-electron chi connectivity index (χ2n) is 7.65. The second-order valence-corrected chi connectivity index (χ2v) is 8.72. The van der Waals surface area contributed by atoms with Crippen molar-refractivity contribution in [2.24, 2.45) is 5.92 Å². The Hall–Kier alpha value is -2.32. The molecule has 1 aliphatic heterocycles. The van der Waals surface area contributed by atoms with Crippen molar-refractivity contribution in [2.75, 3.05) is 26.2 Å². The summed E-state index contributed by atoms with van der Waals surface area (Å²) < 4.78 is 19.9. The first-order chi connectivity index (χ1) is 13.8. The molecule has 0 aliphatic carbocycles. The van der Waals surface area contributed by atoms with Crippen molar-refractivity contribution in [3.8, 4) is 0 Å². The molecule has 2 aromatic rings. The number of carbonyl (C=O) groups is 2. The number of hydrogen-bond donors (Lipinski definition) is 0. The average Bonchev–Trinajstić information content (AvgIpc) is 3.04. The highest BCUT2D eigenvalue weighted by atomic mass is 32.1. The summed E-state index contributed by atoms with van der Waals surface area (Å²) in [6.45, 7) is 7.18. The van der Waals surface area contributed by atoms with Crippen LogP contribution in [-0.4, -0.2) is 58.9 Å². The van der Waals surface area contributed by atoms with E-state index in [2.05, 4.69) is 4.98 Å². The molecule has 0 radical (unpaired) electrons. The van der Waals surface area contributed by atoms with Gasteiger partial charge in [-0.2, -0.15) is 0 Å². The van der Waals surface area contributed by atoms with E-state index in [1.807, 2.05) is 20.8 Å². The summed E-state index contributed by atoms with van der Waals surface area (Å²) in [4.78, 5) is 33.1. The van der Waals surface area contributed by atoms with Gasteiger partial charge in [-0.3, -0.25) is 9.59 Å². The minimum atomic E-state index is -0.413. The SMILES string of the molecule is Cc1nc(C(=O)N2CC(=O)N(CC(C)C)C[C@H](OCc3ccccc3F)C2)cs1. The molecular weight excluding hydrogens is 393 g/mol. The van der Waals surface area contributed by atoms with Crippen molar-refractivity contribution in [2.45, 2.75) is 33.5 Å². The summed E-state index contributed by atoms with van der Waals surface area (Å²) in [6.07, 6.45) is -0.413. The zero-order valence-corrected chi connectivity index (χ0v) is 17.7. The first-order valence-corrected chi connectivity index (χ1v) is 10.6. The fourth-order valence-corrected chi connectivity index (χ4v) is 3.89. The molecule has 0 spiro atoms. The summed E-state index contributed by atoms with van der Waals surface area (Å²) >= 11 is 1.39. The lowest BCUT2D eigenvalue weighted by Crippen LogP contribution is -2.40. The van der Waals surface area contributed by atoms with E-state index in [0.717, 1.165) is 5.01 Å². The second kappa shape index (κ2) is 9.45. The van der Waals surface area contributed by atoms with E-state index in [1.165, 1.54) is 22.3 Å². The molecule has 0 N–H and O–H groups in total. The topological polar surface area (TPSA) is 62.7 Å². The maximum absolute atomic E-state index is 13.9. The van der Waals surface area contributed by atoms with Gasteiger partial charge in [-0.15, -0.1) is 11.3 Å². The van der Waals surface area contributed by atoms with Crippen LogP contribution in [0.4, 0.5) is 4.39 Å². The Labute approximate surface area is 174 Å². The van der Waals surface area contributed by atoms with Crippen molar-refractivity contribution in [1.29, 1.82) is 0 Å². The monoisotopic (exact) mass is 419 g/mol. The maximum atomic E-state index is 13.9. The summed E-state index contributed by atoms with van der Waals surface area (Å²) in [5.74, 6) is -0.443. The van der Waals surface area contributed by atoms with Crippen LogP contribution in [0.25, 0.3) is 0 Å². The van der Waals surface area contributed by atoms with E-state index >= 15 is 0 Å². The van der Waals surface area contributed by atoms with Gasteiger partial charge in [-0.05, 0) is 18.9 Å². The molecular formula is C21H26FN3O3S. The molecule has 1 atom stereocenters. The van der Waals surface area contributed by atoms with Gasteiger partial charge < -0.3 is 14.5 Å². The third-order valence-corrected chi connectivity index (χ3v) is 5.44. The highest BCUT2D eigenvalue weighted by Crippen LogP contribution is 2.17. The van der Waals surface area contributed by atoms with E-state index in [0.29, 0.717) is 24.3 Å². The molecule has 3 rings (SSSR count). The van der Waals surface area contributed by atoms with Crippen molar-refractivity contribution in [3.63, 3.8) is 0 Å². The van der Waals surface area contributed by atoms with Crippen molar-refractivity contribution >= 4 is 23.2 Å². The van der Waals surface area contributed by atoms with Crippen molar-refractivity contribution < 1.29 is 18.7 Å². The third-order valence-electron chi connectivity index (χ3n) is 4.67. The van der Waals surface area contributed by atoms with Crippen molar-refractivity contribution in [1.82, 2.24) is 14.8 Å². The number of ether oxygens (including phenoxy) is 1. The Morgan fingerprint density at radius 1 is 1.34 bits per heavy atom. The molecule has 2 amide bonds. The van der Waals surface area contributed by atoms with E-state index in [-0.39, 0.29) is 43.2 Å². The lowest BCUT2D eigenvalue weighted by Gasteiger charge is -2.26. The number of carbonyl (C=O) groups excluding carboxylic acids is 2. The predicted molar refractivity (Wildman–Crippen MR) is 109 cm³/mol. The molecule has 1 saturated heterocycles. The highest BCUT2D eigenvalue weighted by Gasteiger charge is 2.32. The number of halogens is 1. The average molecular weight is 420 g/mol. The van der Waals surface area contributed by atoms with E-state index in [1.54, 1.807) is 28.5 Å². The molecule has 1 aromatic heterocycles. The van der Waals surface area contributed by atoms with E-state index in [4.69, 9.17) is 4.74 Å². The number of hydrogen-bond acceptors (Lipinski definition) is 5. The van der Waals surface area contributed by atoms with E-state index in [9.17, 15) is 14.0 Å². The quantitative estimate of drug-likeness (QED) is 0.722. The van der Waals surface area contributed by atoms with Crippen LogP contribution in [0.15, 0.2) is 29.6 Å². The largest absolute Gasteiger partial charge is 0.370 e. The Morgan fingerprint density at radius 2 is 2.10 bits per heavy atom. The third kappa shape index (κ3) is 5.61. The van der Waals surface area contributed by atoms with Gasteiger partial charge in [0.15, 0.2) is 0 Å². The van der Waals surface area contributed by atoms with Gasteiger partial charge >= 0.3 is 0 Å². The molecule has 156 valence electrons. The Morgan fingerprint density at radius 3 is 2.76 bits per heavy atom. The summed E-state index contributed by atoms with van der Waals surface area (Å²) in [5, 5.41) is 2.50. The number of benzene rings is 1. The smallest absolute Gasteiger partial charge is 0.273 e. The molecule has 8 heteroatoms. The molecule has 2 heterocycles. The highest BCUT2D eigenvalue weighted by molar-refractivity contribution is 7.09. The van der Waals surface area contributed by atoms with Gasteiger partial charge in [0.1, 0.15) is 18.1 Å². The van der Waals surface area contributed by atoms with Gasteiger partial charge in [-0.25, -0.2) is 9.37 Å². The molecule has 0 saturated carbocycles. The van der Waals surface area contributed by atoms with E-state index < -0.39 is 6.10 Å². The Kier molecular flexibility index (Phi) is 6.97. The normalized spacial score (nSPS) is 17.7. The van der Waals surface area contributed by atoms with Crippen LogP contribution in [0, 0.1) is 18.7 Å². The zero-order chi connectivity index (χ0) is 21.0. The Balaban J connectivity index is 1.77. The number of nitrogens with zero attached hydrogens (tertiary/aromatic N) is 3. The van der Waals surface area contributed by atoms with Crippen LogP contribution < -0.4 is 0 Å². The Bertz CT molecular complexity index is 870. The maximum Gasteiger partial charge on any atom is 0.273 e. The first kappa shape index (κ1) is 21.4. The summed E-state index contributed by atoms with van der Waals surface area (Å²) in [7, 11) is 0. The first-order valence-electron chi connectivity index (χ1n) is 9.67. The standard InChI is InChI=1S/C21H26FN3O3S/c1-14(2)8-24-9-17(28-12-16-6-4-5-7-18(16)22)10-25(11-20(24)26)21(27)19-13-29-15(3)23-19/h4-7,13-14,17H,8-12H2,1-3H3/t17-/m0/s1. The van der Waals surface area contributed by atoms with Gasteiger partial charge in [-0.1, -0.05) is 32.0 Å². The summed E-state index contributed by atoms with van der Waals surface area (Å²) in [6, 6.07) is 6.44. The van der Waals surface area contributed by atoms with Crippen molar-refractivity contribution in [3.05, 3.63) is 51.7 Å². The molecule has 29 heavy (non-hydrogen) atoms. The molecule has 1 fully saturated rings. The minimum absolute atomic E-state index is 0.0122. The van der Waals surface area contributed by atoms with Gasteiger partial charge in [0, 0.05) is 30.6 Å². The molecule has 1 aliphatic rings. The molecule has 0 unspecified atom stereocenters. The van der Waals surface area contributed by atoms with Gasteiger partial charge in [0.05, 0.1) is 17.7 Å². The molecule has 0 bridgehead atoms. The van der Waals surface area contributed by atoms with Gasteiger partial charge in [0.2, 0.25) is 5.91 Å². The number of amides is 2. The predicted octanol–water partition coefficient (Wildman–Crippen LogP) is 3.12. The fourth-order valence-electron chi connectivity index (χ4n) is 3.30. The lowest BCUT2D eigenvalue weighted by molar-refractivity contribution is -0.132. The van der Waals surface area contributed by atoms with Crippen LogP contribution in [0.5, 0.6) is 0 Å². The van der Waals surface area contributed by atoms with Crippen LogP contribution >= 0.6 is 11.3 Å². The van der Waals surface area contributed by atoms with Crippen LogP contribution in [0.1, 0.15) is 34.9 Å². The number of rotatable bonds is 6. The van der Waals surface area contributed by atoms with Crippen LogP contribution in [-0.2, 0) is 16.1 Å². The lowest BCUT2D eigenvalue weighted by atomic mass is 10.2. The summed E-state index contributed by atoms with van der Waals surface area (Å²) in [5.41, 5.74) is 0.789. The zero-order valence-electron chi connectivity index (χ0n) is 16.9. The minimum Gasteiger partial charge on any atom is -0.370 e. The molecule has 6 nitrogen and oxygen atoms in total. The van der Waals surface area contributed by atoms with Crippen LogP contribution in [0.3, 0.4) is 0 Å². The van der Waals surface area contributed by atoms with Crippen LogP contribution in [0.2, 0.25) is 0 Å². The number of thiazole rings is 1.